The van der Waals surface area contributed by atoms with Gasteiger partial charge in [0.2, 0.25) is 5.91 Å². The van der Waals surface area contributed by atoms with Crippen LogP contribution in [0.25, 0.3) is 0 Å². The van der Waals surface area contributed by atoms with Crippen LogP contribution in [0.2, 0.25) is 0 Å². The monoisotopic (exact) mass is 438 g/mol. The van der Waals surface area contributed by atoms with Gasteiger partial charge in [0.25, 0.3) is 5.91 Å². The molecule has 11 heteroatoms. The average Bonchev–Trinajstić information content (AvgIpc) is 2.58. The number of likely N-dealkylation sites (tertiary alicyclic amines) is 1. The zero-order valence-corrected chi connectivity index (χ0v) is 16.7. The van der Waals surface area contributed by atoms with E-state index in [1.54, 1.807) is 4.90 Å². The van der Waals surface area contributed by atoms with E-state index in [4.69, 9.17) is 4.74 Å². The molecule has 1 aromatic carbocycles. The van der Waals surface area contributed by atoms with Crippen molar-refractivity contribution >= 4 is 34.1 Å². The first-order valence-corrected chi connectivity index (χ1v) is 10.5. The first kappa shape index (κ1) is 22.4. The maximum atomic E-state index is 14.2. The van der Waals surface area contributed by atoms with Gasteiger partial charge in [-0.25, -0.2) is 17.2 Å². The number of sulfone groups is 1. The van der Waals surface area contributed by atoms with Gasteiger partial charge >= 0.3 is 0 Å². The summed E-state index contributed by atoms with van der Waals surface area (Å²) >= 11 is 0. The molecule has 2 heterocycles. The standard InChI is InChI=1S/C17H20F2N2O5S.ClH/c1-27(24,25)15-9-11(18)14(8-12(15)19)26-13-3-2-6-21(17(13)23)10-4-5-20-16(22)7-10;/h8-10,13H,2-7H2,1H3,(H,20,22);1H. The lowest BCUT2D eigenvalue weighted by molar-refractivity contribution is -0.146. The highest BCUT2D eigenvalue weighted by Gasteiger charge is 2.37. The van der Waals surface area contributed by atoms with Gasteiger partial charge < -0.3 is 15.0 Å². The van der Waals surface area contributed by atoms with Gasteiger partial charge in [-0.05, 0) is 25.3 Å². The average molecular weight is 439 g/mol. The van der Waals surface area contributed by atoms with Crippen LogP contribution in [0.15, 0.2) is 17.0 Å². The second-order valence-corrected chi connectivity index (χ2v) is 8.75. The van der Waals surface area contributed by atoms with Crippen molar-refractivity contribution in [1.82, 2.24) is 10.2 Å². The second-order valence-electron chi connectivity index (χ2n) is 6.76. The van der Waals surface area contributed by atoms with E-state index in [1.807, 2.05) is 0 Å². The minimum Gasteiger partial charge on any atom is -0.477 e. The first-order chi connectivity index (χ1) is 12.7. The fraction of sp³-hybridized carbons (Fsp3) is 0.529. The second kappa shape index (κ2) is 8.60. The van der Waals surface area contributed by atoms with Crippen LogP contribution >= 0.6 is 12.4 Å². The molecule has 28 heavy (non-hydrogen) atoms. The predicted molar refractivity (Wildman–Crippen MR) is 98.1 cm³/mol. The predicted octanol–water partition coefficient (Wildman–Crippen LogP) is 1.44. The number of piperidine rings is 2. The topological polar surface area (TPSA) is 92.8 Å². The highest BCUT2D eigenvalue weighted by molar-refractivity contribution is 7.90. The van der Waals surface area contributed by atoms with Crippen LogP contribution < -0.4 is 10.1 Å². The minimum atomic E-state index is -3.93. The molecule has 0 radical (unpaired) electrons. The van der Waals surface area contributed by atoms with Gasteiger partial charge in [-0.15, -0.1) is 12.4 Å². The number of rotatable bonds is 4. The number of ether oxygens (including phenoxy) is 1. The van der Waals surface area contributed by atoms with Crippen LogP contribution in [0.5, 0.6) is 5.75 Å². The lowest BCUT2D eigenvalue weighted by Crippen LogP contribution is -2.54. The van der Waals surface area contributed by atoms with Gasteiger partial charge in [-0.1, -0.05) is 0 Å². The number of hydrogen-bond donors (Lipinski definition) is 1. The molecule has 2 fully saturated rings. The molecule has 0 aliphatic carbocycles. The van der Waals surface area contributed by atoms with Gasteiger partial charge in [0.15, 0.2) is 27.5 Å². The number of carbonyl (C=O) groups is 2. The molecule has 1 N–H and O–H groups in total. The van der Waals surface area contributed by atoms with Crippen molar-refractivity contribution in [3.05, 3.63) is 23.8 Å². The van der Waals surface area contributed by atoms with Crippen LogP contribution in [0.1, 0.15) is 25.7 Å². The number of nitrogens with one attached hydrogen (secondary N) is 1. The molecule has 0 bridgehead atoms. The molecule has 0 aromatic heterocycles. The van der Waals surface area contributed by atoms with Crippen LogP contribution in [0.3, 0.4) is 0 Å². The van der Waals surface area contributed by atoms with E-state index in [9.17, 15) is 26.8 Å². The summed E-state index contributed by atoms with van der Waals surface area (Å²) < 4.78 is 56.6. The number of carbonyl (C=O) groups excluding carboxylic acids is 2. The van der Waals surface area contributed by atoms with E-state index in [0.29, 0.717) is 44.5 Å². The molecule has 2 atom stereocenters. The molecule has 2 unspecified atom stereocenters. The van der Waals surface area contributed by atoms with E-state index in [0.717, 1.165) is 6.26 Å². The number of hydrogen-bond acceptors (Lipinski definition) is 5. The highest BCUT2D eigenvalue weighted by Crippen LogP contribution is 2.28. The Kier molecular flexibility index (Phi) is 6.87. The maximum Gasteiger partial charge on any atom is 0.263 e. The Labute approximate surface area is 167 Å². The zero-order chi connectivity index (χ0) is 19.8. The normalized spacial score (nSPS) is 23.0. The number of benzene rings is 1. The summed E-state index contributed by atoms with van der Waals surface area (Å²) in [7, 11) is -3.93. The summed E-state index contributed by atoms with van der Waals surface area (Å²) in [5.41, 5.74) is 0. The first-order valence-electron chi connectivity index (χ1n) is 8.60. The number of halogens is 3. The molecule has 2 amide bonds. The van der Waals surface area contributed by atoms with Crippen molar-refractivity contribution in [3.8, 4) is 5.75 Å². The van der Waals surface area contributed by atoms with E-state index in [1.165, 1.54) is 0 Å². The van der Waals surface area contributed by atoms with Gasteiger partial charge in [0, 0.05) is 37.9 Å². The molecule has 3 rings (SSSR count). The van der Waals surface area contributed by atoms with Gasteiger partial charge in [0.1, 0.15) is 10.7 Å². The third-order valence-electron chi connectivity index (χ3n) is 4.74. The molecule has 2 saturated heterocycles. The quantitative estimate of drug-likeness (QED) is 0.767. The Morgan fingerprint density at radius 1 is 1.18 bits per heavy atom. The van der Waals surface area contributed by atoms with Crippen LogP contribution in [0.4, 0.5) is 8.78 Å². The Morgan fingerprint density at radius 3 is 2.54 bits per heavy atom. The summed E-state index contributed by atoms with van der Waals surface area (Å²) in [6.07, 6.45) is 1.50. The zero-order valence-electron chi connectivity index (χ0n) is 15.1. The Hall–Kier alpha value is -1.94. The Morgan fingerprint density at radius 2 is 1.89 bits per heavy atom. The molecule has 1 aromatic rings. The third kappa shape index (κ3) is 4.72. The summed E-state index contributed by atoms with van der Waals surface area (Å²) in [5, 5.41) is 2.70. The smallest absolute Gasteiger partial charge is 0.263 e. The molecular weight excluding hydrogens is 418 g/mol. The van der Waals surface area contributed by atoms with Crippen molar-refractivity contribution in [2.24, 2.45) is 0 Å². The molecule has 0 spiro atoms. The molecule has 2 aliphatic heterocycles. The van der Waals surface area contributed by atoms with E-state index in [-0.39, 0.29) is 36.7 Å². The van der Waals surface area contributed by atoms with E-state index in [2.05, 4.69) is 5.32 Å². The number of nitrogens with zero attached hydrogens (tertiary/aromatic N) is 1. The van der Waals surface area contributed by atoms with Crippen LogP contribution in [0, 0.1) is 11.6 Å². The molecular formula is C17H21ClF2N2O5S. The molecule has 2 aliphatic rings. The van der Waals surface area contributed by atoms with Gasteiger partial charge in [-0.2, -0.15) is 0 Å². The van der Waals surface area contributed by atoms with Crippen molar-refractivity contribution in [3.63, 3.8) is 0 Å². The van der Waals surface area contributed by atoms with Crippen molar-refractivity contribution in [2.45, 2.75) is 42.7 Å². The van der Waals surface area contributed by atoms with Crippen molar-refractivity contribution in [1.29, 1.82) is 0 Å². The molecule has 156 valence electrons. The maximum absolute atomic E-state index is 14.2. The Bertz CT molecular complexity index is 881. The van der Waals surface area contributed by atoms with Crippen molar-refractivity contribution in [2.75, 3.05) is 19.3 Å². The van der Waals surface area contributed by atoms with E-state index >= 15 is 0 Å². The van der Waals surface area contributed by atoms with Crippen LogP contribution in [-0.4, -0.2) is 56.6 Å². The highest BCUT2D eigenvalue weighted by atomic mass is 35.5. The number of amides is 2. The summed E-state index contributed by atoms with van der Waals surface area (Å²) in [4.78, 5) is 25.1. The molecule has 7 nitrogen and oxygen atoms in total. The lowest BCUT2D eigenvalue weighted by atomic mass is 9.99. The van der Waals surface area contributed by atoms with Gasteiger partial charge in [0.05, 0.1) is 0 Å². The lowest BCUT2D eigenvalue weighted by Gasteiger charge is -2.39. The van der Waals surface area contributed by atoms with Gasteiger partial charge in [-0.3, -0.25) is 9.59 Å². The van der Waals surface area contributed by atoms with Crippen LogP contribution in [-0.2, 0) is 19.4 Å². The summed E-state index contributed by atoms with van der Waals surface area (Å²) in [6.45, 7) is 0.950. The largest absolute Gasteiger partial charge is 0.477 e. The SMILES string of the molecule is CS(=O)(=O)c1cc(F)c(OC2CCCN(C3CCNC(=O)C3)C2=O)cc1F.Cl. The fourth-order valence-corrected chi connectivity index (χ4v) is 4.14. The third-order valence-corrected chi connectivity index (χ3v) is 5.85. The molecule has 0 saturated carbocycles. The van der Waals surface area contributed by atoms with E-state index < -0.39 is 38.2 Å². The summed E-state index contributed by atoms with van der Waals surface area (Å²) in [6, 6.07) is 0.953. The van der Waals surface area contributed by atoms with Crippen molar-refractivity contribution < 1.29 is 31.5 Å². The minimum absolute atomic E-state index is 0. The fourth-order valence-electron chi connectivity index (χ4n) is 3.41. The summed E-state index contributed by atoms with van der Waals surface area (Å²) in [5.74, 6) is -3.22. The Balaban J connectivity index is 0.00000280.